The molecule has 122 valence electrons. The topological polar surface area (TPSA) is 70.7 Å². The Morgan fingerprint density at radius 3 is 2.42 bits per heavy atom. The molecule has 24 heavy (non-hydrogen) atoms. The zero-order chi connectivity index (χ0) is 16.9. The van der Waals surface area contributed by atoms with E-state index in [1.807, 2.05) is 61.7 Å². The van der Waals surface area contributed by atoms with Crippen LogP contribution in [0.2, 0.25) is 0 Å². The highest BCUT2D eigenvalue weighted by Gasteiger charge is 2.06. The zero-order valence-electron chi connectivity index (χ0n) is 13.5. The highest BCUT2D eigenvalue weighted by atomic mass is 32.2. The molecule has 2 N–H and O–H groups in total. The van der Waals surface area contributed by atoms with Gasteiger partial charge < -0.3 is 5.32 Å². The predicted octanol–water partition coefficient (Wildman–Crippen LogP) is 3.68. The van der Waals surface area contributed by atoms with E-state index in [0.717, 1.165) is 22.6 Å². The van der Waals surface area contributed by atoms with Gasteiger partial charge in [0.2, 0.25) is 5.91 Å². The van der Waals surface area contributed by atoms with Gasteiger partial charge in [-0.15, -0.1) is 11.8 Å². The van der Waals surface area contributed by atoms with Gasteiger partial charge in [0.1, 0.15) is 5.82 Å². The average molecular weight is 338 g/mol. The normalized spacial score (nSPS) is 10.6. The smallest absolute Gasteiger partial charge is 0.228 e. The lowest BCUT2D eigenvalue weighted by atomic mass is 10.1. The van der Waals surface area contributed by atoms with Crippen molar-refractivity contribution in [1.82, 2.24) is 15.2 Å². The summed E-state index contributed by atoms with van der Waals surface area (Å²) < 4.78 is 0. The lowest BCUT2D eigenvalue weighted by molar-refractivity contribution is -0.115. The molecule has 3 aromatic rings. The molecule has 0 spiro atoms. The molecule has 5 nitrogen and oxygen atoms in total. The number of aromatic amines is 1. The third-order valence-corrected chi connectivity index (χ3v) is 4.29. The number of thioether (sulfide) groups is 1. The van der Waals surface area contributed by atoms with Crippen LogP contribution in [0.4, 0.5) is 5.69 Å². The Labute approximate surface area is 144 Å². The molecule has 0 saturated heterocycles. The van der Waals surface area contributed by atoms with Crippen LogP contribution in [0.5, 0.6) is 0 Å². The van der Waals surface area contributed by atoms with Gasteiger partial charge in [0.25, 0.3) is 0 Å². The molecule has 0 aliphatic rings. The minimum atomic E-state index is -0.0339. The third kappa shape index (κ3) is 4.02. The molecule has 0 saturated carbocycles. The zero-order valence-corrected chi connectivity index (χ0v) is 14.4. The maximum Gasteiger partial charge on any atom is 0.228 e. The van der Waals surface area contributed by atoms with E-state index in [1.54, 1.807) is 11.8 Å². The van der Waals surface area contributed by atoms with Gasteiger partial charge >= 0.3 is 0 Å². The Morgan fingerprint density at radius 1 is 1.12 bits per heavy atom. The molecule has 6 heteroatoms. The summed E-state index contributed by atoms with van der Waals surface area (Å²) >= 11 is 1.69. The quantitative estimate of drug-likeness (QED) is 0.696. The molecule has 0 aliphatic carbocycles. The number of hydrogen-bond donors (Lipinski definition) is 2. The van der Waals surface area contributed by atoms with Gasteiger partial charge in [0.15, 0.2) is 5.82 Å². The standard InChI is InChI=1S/C18H18N4OS/c1-12-19-18(22-21-12)14-5-7-15(8-6-14)20-17(23)11-13-3-9-16(24-2)10-4-13/h3-10H,11H2,1-2H3,(H,20,23)(H,19,21,22). The first-order valence-electron chi connectivity index (χ1n) is 7.56. The first-order chi connectivity index (χ1) is 11.6. The second kappa shape index (κ2) is 7.31. The number of nitrogens with zero attached hydrogens (tertiary/aromatic N) is 2. The second-order valence-electron chi connectivity index (χ2n) is 5.39. The number of aryl methyl sites for hydroxylation is 1. The number of carbonyl (C=O) groups excluding carboxylic acids is 1. The van der Waals surface area contributed by atoms with Crippen LogP contribution in [0.3, 0.4) is 0 Å². The van der Waals surface area contributed by atoms with Gasteiger partial charge in [-0.25, -0.2) is 4.98 Å². The van der Waals surface area contributed by atoms with Gasteiger partial charge in [0, 0.05) is 16.1 Å². The van der Waals surface area contributed by atoms with E-state index in [9.17, 15) is 4.79 Å². The Balaban J connectivity index is 1.61. The van der Waals surface area contributed by atoms with Crippen molar-refractivity contribution in [3.05, 3.63) is 59.9 Å². The summed E-state index contributed by atoms with van der Waals surface area (Å²) in [7, 11) is 0. The molecule has 0 bridgehead atoms. The van der Waals surface area contributed by atoms with E-state index in [1.165, 1.54) is 4.90 Å². The van der Waals surface area contributed by atoms with Crippen molar-refractivity contribution < 1.29 is 4.79 Å². The molecular weight excluding hydrogens is 320 g/mol. The van der Waals surface area contributed by atoms with Gasteiger partial charge in [-0.1, -0.05) is 12.1 Å². The molecule has 0 radical (unpaired) electrons. The fraction of sp³-hybridized carbons (Fsp3) is 0.167. The van der Waals surface area contributed by atoms with Crippen LogP contribution in [0.1, 0.15) is 11.4 Å². The number of anilines is 1. The average Bonchev–Trinajstić information content (AvgIpc) is 3.02. The van der Waals surface area contributed by atoms with Crippen LogP contribution in [-0.4, -0.2) is 27.3 Å². The molecular formula is C18H18N4OS. The Hall–Kier alpha value is -2.60. The first-order valence-corrected chi connectivity index (χ1v) is 8.79. The summed E-state index contributed by atoms with van der Waals surface area (Å²) in [6.07, 6.45) is 2.39. The van der Waals surface area contributed by atoms with Crippen LogP contribution < -0.4 is 5.32 Å². The van der Waals surface area contributed by atoms with Crippen molar-refractivity contribution >= 4 is 23.4 Å². The van der Waals surface area contributed by atoms with Gasteiger partial charge in [-0.2, -0.15) is 5.10 Å². The molecule has 0 aliphatic heterocycles. The van der Waals surface area contributed by atoms with Crippen LogP contribution in [0, 0.1) is 6.92 Å². The van der Waals surface area contributed by atoms with Gasteiger partial charge in [0.05, 0.1) is 6.42 Å². The summed E-state index contributed by atoms with van der Waals surface area (Å²) in [5.41, 5.74) is 2.67. The fourth-order valence-electron chi connectivity index (χ4n) is 2.31. The first kappa shape index (κ1) is 16.3. The van der Waals surface area contributed by atoms with Gasteiger partial charge in [-0.3, -0.25) is 9.89 Å². The summed E-state index contributed by atoms with van der Waals surface area (Å²) in [6.45, 7) is 1.86. The van der Waals surface area contributed by atoms with E-state index >= 15 is 0 Å². The number of carbonyl (C=O) groups is 1. The lowest BCUT2D eigenvalue weighted by Crippen LogP contribution is -2.14. The monoisotopic (exact) mass is 338 g/mol. The summed E-state index contributed by atoms with van der Waals surface area (Å²) in [5.74, 6) is 1.39. The maximum atomic E-state index is 12.1. The van der Waals surface area contributed by atoms with Crippen molar-refractivity contribution in [2.75, 3.05) is 11.6 Å². The van der Waals surface area contributed by atoms with E-state index < -0.39 is 0 Å². The molecule has 0 fully saturated rings. The minimum absolute atomic E-state index is 0.0339. The van der Waals surface area contributed by atoms with E-state index in [-0.39, 0.29) is 5.91 Å². The number of rotatable bonds is 5. The highest BCUT2D eigenvalue weighted by molar-refractivity contribution is 7.98. The van der Waals surface area contributed by atoms with Crippen LogP contribution >= 0.6 is 11.8 Å². The second-order valence-corrected chi connectivity index (χ2v) is 6.27. The van der Waals surface area contributed by atoms with E-state index in [4.69, 9.17) is 0 Å². The SMILES string of the molecule is CSc1ccc(CC(=O)Nc2ccc(-c3n[nH]c(C)n3)cc2)cc1. The number of nitrogens with one attached hydrogen (secondary N) is 2. The molecule has 1 aromatic heterocycles. The molecule has 1 heterocycles. The highest BCUT2D eigenvalue weighted by Crippen LogP contribution is 2.18. The third-order valence-electron chi connectivity index (χ3n) is 3.55. The van der Waals surface area contributed by atoms with Crippen LogP contribution in [-0.2, 0) is 11.2 Å². The number of H-pyrrole nitrogens is 1. The van der Waals surface area contributed by atoms with Crippen molar-refractivity contribution in [3.63, 3.8) is 0 Å². The van der Waals surface area contributed by atoms with Crippen molar-refractivity contribution in [2.45, 2.75) is 18.2 Å². The Morgan fingerprint density at radius 2 is 1.83 bits per heavy atom. The number of aromatic nitrogens is 3. The molecule has 0 atom stereocenters. The van der Waals surface area contributed by atoms with E-state index in [0.29, 0.717) is 12.2 Å². The summed E-state index contributed by atoms with van der Waals surface area (Å²) in [4.78, 5) is 17.6. The van der Waals surface area contributed by atoms with Crippen molar-refractivity contribution in [2.24, 2.45) is 0 Å². The number of hydrogen-bond acceptors (Lipinski definition) is 4. The van der Waals surface area contributed by atoms with Crippen molar-refractivity contribution in [3.8, 4) is 11.4 Å². The largest absolute Gasteiger partial charge is 0.326 e. The number of amides is 1. The molecule has 3 rings (SSSR count). The Bertz CT molecular complexity index is 825. The summed E-state index contributed by atoms with van der Waals surface area (Å²) in [6, 6.07) is 15.5. The molecule has 1 amide bonds. The molecule has 2 aromatic carbocycles. The molecule has 0 unspecified atom stereocenters. The van der Waals surface area contributed by atoms with Crippen LogP contribution in [0.15, 0.2) is 53.4 Å². The van der Waals surface area contributed by atoms with E-state index in [2.05, 4.69) is 20.5 Å². The lowest BCUT2D eigenvalue weighted by Gasteiger charge is -2.06. The predicted molar refractivity (Wildman–Crippen MR) is 97.1 cm³/mol. The summed E-state index contributed by atoms with van der Waals surface area (Å²) in [5, 5.41) is 9.85. The van der Waals surface area contributed by atoms with Crippen molar-refractivity contribution in [1.29, 1.82) is 0 Å². The fourth-order valence-corrected chi connectivity index (χ4v) is 2.72. The minimum Gasteiger partial charge on any atom is -0.326 e. The Kier molecular flexibility index (Phi) is 4.96. The van der Waals surface area contributed by atoms with Gasteiger partial charge in [-0.05, 0) is 55.1 Å². The maximum absolute atomic E-state index is 12.1. The number of benzene rings is 2. The van der Waals surface area contributed by atoms with Crippen LogP contribution in [0.25, 0.3) is 11.4 Å².